The molecular weight excluding hydrogens is 572 g/mol. The number of carbonyl (C=O) groups is 1. The first-order chi connectivity index (χ1) is 20.3. The third-order valence-corrected chi connectivity index (χ3v) is 10.4. The van der Waals surface area contributed by atoms with Crippen LogP contribution in [0, 0.1) is 23.7 Å². The Bertz CT molecular complexity index is 1370. The Hall–Kier alpha value is -2.75. The highest BCUT2D eigenvalue weighted by Gasteiger charge is 2.51. The van der Waals surface area contributed by atoms with Crippen LogP contribution in [0.3, 0.4) is 0 Å². The molecule has 4 nitrogen and oxygen atoms in total. The van der Waals surface area contributed by atoms with Crippen molar-refractivity contribution in [2.24, 2.45) is 23.7 Å². The van der Waals surface area contributed by atoms with Crippen LogP contribution in [-0.2, 0) is 28.3 Å². The Morgan fingerprint density at radius 1 is 0.977 bits per heavy atom. The molecule has 0 radical (unpaired) electrons. The number of fused-ring (bicyclic) bond motifs is 3. The summed E-state index contributed by atoms with van der Waals surface area (Å²) in [7, 11) is 1.41. The number of esters is 1. The van der Waals surface area contributed by atoms with Gasteiger partial charge in [-0.1, -0.05) is 19.1 Å². The van der Waals surface area contributed by atoms with Gasteiger partial charge in [0.15, 0.2) is 0 Å². The van der Waals surface area contributed by atoms with Crippen molar-refractivity contribution < 1.29 is 40.6 Å². The molecule has 0 N–H and O–H groups in total. The first kappa shape index (κ1) is 30.3. The summed E-state index contributed by atoms with van der Waals surface area (Å²) in [6, 6.07) is 7.20. The summed E-state index contributed by atoms with van der Waals surface area (Å²) >= 11 is 0. The van der Waals surface area contributed by atoms with Gasteiger partial charge in [-0.3, -0.25) is 9.69 Å². The second kappa shape index (κ2) is 11.0. The summed E-state index contributed by atoms with van der Waals surface area (Å²) in [5.74, 6) is 1.28. The van der Waals surface area contributed by atoms with Crippen molar-refractivity contribution in [1.82, 2.24) is 4.90 Å². The third-order valence-electron chi connectivity index (χ3n) is 10.4. The number of methoxy groups -OCH3 is 1. The smallest absolute Gasteiger partial charge is 0.416 e. The van der Waals surface area contributed by atoms with Crippen molar-refractivity contribution in [2.75, 3.05) is 13.7 Å². The molecule has 2 aromatic rings. The Morgan fingerprint density at radius 3 is 2.33 bits per heavy atom. The van der Waals surface area contributed by atoms with Crippen LogP contribution in [0.5, 0.6) is 5.75 Å². The zero-order valence-corrected chi connectivity index (χ0v) is 24.5. The van der Waals surface area contributed by atoms with Gasteiger partial charge in [-0.25, -0.2) is 0 Å². The number of benzene rings is 2. The minimum Gasteiger partial charge on any atom is -0.490 e. The zero-order chi connectivity index (χ0) is 30.8. The molecule has 1 saturated heterocycles. The molecule has 0 amide bonds. The topological polar surface area (TPSA) is 38.8 Å². The van der Waals surface area contributed by atoms with Crippen molar-refractivity contribution in [1.29, 1.82) is 0 Å². The first-order valence-electron chi connectivity index (χ1n) is 15.2. The van der Waals surface area contributed by atoms with Crippen LogP contribution < -0.4 is 4.74 Å². The van der Waals surface area contributed by atoms with Crippen molar-refractivity contribution in [3.05, 3.63) is 64.2 Å². The van der Waals surface area contributed by atoms with Gasteiger partial charge in [-0.2, -0.15) is 26.3 Å². The van der Waals surface area contributed by atoms with Gasteiger partial charge in [-0.15, -0.1) is 0 Å². The number of carbonyl (C=O) groups excluding carboxylic acids is 1. The maximum Gasteiger partial charge on any atom is 0.416 e. The first-order valence-corrected chi connectivity index (χ1v) is 15.2. The molecule has 2 unspecified atom stereocenters. The van der Waals surface area contributed by atoms with Crippen LogP contribution in [0.15, 0.2) is 36.4 Å². The highest BCUT2D eigenvalue weighted by Crippen LogP contribution is 2.52. The average Bonchev–Trinajstić information content (AvgIpc) is 3.59. The minimum absolute atomic E-state index is 0.0166. The molecule has 0 spiro atoms. The molecule has 234 valence electrons. The summed E-state index contributed by atoms with van der Waals surface area (Å²) in [5, 5.41) is 0. The fraction of sp³-hybridized carbons (Fsp3) is 0.606. The molecule has 2 bridgehead atoms. The Morgan fingerprint density at radius 2 is 1.72 bits per heavy atom. The van der Waals surface area contributed by atoms with Crippen LogP contribution >= 0.6 is 0 Å². The number of likely N-dealkylation sites (tertiary alicyclic amines) is 1. The maximum atomic E-state index is 13.8. The maximum absolute atomic E-state index is 13.8. The number of nitrogens with zero attached hydrogens (tertiary/aromatic N) is 1. The minimum atomic E-state index is -4.75. The predicted octanol–water partition coefficient (Wildman–Crippen LogP) is 8.19. The third kappa shape index (κ3) is 5.76. The lowest BCUT2D eigenvalue weighted by Gasteiger charge is -2.40. The number of aryl methyl sites for hydroxylation is 1. The Labute approximate surface area is 247 Å². The number of ether oxygens (including phenoxy) is 2. The largest absolute Gasteiger partial charge is 0.490 e. The lowest BCUT2D eigenvalue weighted by Crippen LogP contribution is -2.43. The summed E-state index contributed by atoms with van der Waals surface area (Å²) in [4.78, 5) is 14.3. The van der Waals surface area contributed by atoms with E-state index >= 15 is 0 Å². The molecule has 6 rings (SSSR count). The molecule has 7 atom stereocenters. The fourth-order valence-electron chi connectivity index (χ4n) is 8.15. The Kier molecular flexibility index (Phi) is 7.75. The van der Waals surface area contributed by atoms with Crippen molar-refractivity contribution in [3.8, 4) is 5.75 Å². The highest BCUT2D eigenvalue weighted by molar-refractivity contribution is 5.73. The molecule has 2 aliphatic carbocycles. The molecule has 3 fully saturated rings. The van der Waals surface area contributed by atoms with E-state index in [2.05, 4.69) is 18.2 Å². The van der Waals surface area contributed by atoms with E-state index in [0.29, 0.717) is 30.7 Å². The van der Waals surface area contributed by atoms with Gasteiger partial charge < -0.3 is 9.47 Å². The number of piperidine rings is 1. The Balaban J connectivity index is 1.17. The standard InChI is InChI=1S/C33H37F6NO3/c1-17(31(41)42-3)30(20-5-6-20)21-7-4-19-8-11-28(43-29(19)13-21)26-15-24-12-22(26)16-40(24)18(2)25-14-23(32(34,35)36)9-10-27(25)33(37,38)39/h4,7,9-10,13-14,17-18,20,22,24,26,28,30H,5-6,8,11-12,15-16H2,1-3H3/t17-,18-,22+,24-,26?,28?,30-/m0/s1. The van der Waals surface area contributed by atoms with Crippen LogP contribution in [0.1, 0.15) is 85.7 Å². The molecule has 2 saturated carbocycles. The lowest BCUT2D eigenvalue weighted by atomic mass is 9.81. The quantitative estimate of drug-likeness (QED) is 0.234. The highest BCUT2D eigenvalue weighted by atomic mass is 19.4. The molecule has 0 aromatic heterocycles. The van der Waals surface area contributed by atoms with E-state index in [9.17, 15) is 31.1 Å². The molecule has 43 heavy (non-hydrogen) atoms. The van der Waals surface area contributed by atoms with E-state index in [4.69, 9.17) is 9.47 Å². The van der Waals surface area contributed by atoms with Gasteiger partial charge in [0.1, 0.15) is 11.9 Å². The summed E-state index contributed by atoms with van der Waals surface area (Å²) < 4.78 is 93.4. The SMILES string of the molecule is COC(=O)[C@@H](C)[C@H](c1ccc2c(c1)OC(C1C[C@@H]3C[C@@H]1CN3[C@@H](C)c1cc(C(F)(F)F)ccc1C(F)(F)F)CC2)C1CC1. The number of alkyl halides is 6. The second-order valence-electron chi connectivity index (χ2n) is 13.0. The predicted molar refractivity (Wildman–Crippen MR) is 147 cm³/mol. The van der Waals surface area contributed by atoms with Crippen LogP contribution in [0.4, 0.5) is 26.3 Å². The monoisotopic (exact) mass is 609 g/mol. The molecule has 2 aromatic carbocycles. The van der Waals surface area contributed by atoms with Crippen molar-refractivity contribution in [3.63, 3.8) is 0 Å². The number of hydrogen-bond acceptors (Lipinski definition) is 4. The van der Waals surface area contributed by atoms with E-state index in [1.54, 1.807) is 6.92 Å². The van der Waals surface area contributed by atoms with E-state index < -0.39 is 29.5 Å². The van der Waals surface area contributed by atoms with E-state index in [1.165, 1.54) is 7.11 Å². The van der Waals surface area contributed by atoms with Crippen molar-refractivity contribution >= 4 is 5.97 Å². The van der Waals surface area contributed by atoms with Gasteiger partial charge in [0, 0.05) is 24.5 Å². The van der Waals surface area contributed by atoms with E-state index in [-0.39, 0.29) is 47.4 Å². The normalized spacial score (nSPS) is 27.7. The van der Waals surface area contributed by atoms with Crippen molar-refractivity contribution in [2.45, 2.75) is 88.8 Å². The van der Waals surface area contributed by atoms with Gasteiger partial charge in [0.25, 0.3) is 0 Å². The number of rotatable bonds is 7. The zero-order valence-electron chi connectivity index (χ0n) is 24.5. The molecule has 2 heterocycles. The number of halogens is 6. The van der Waals surface area contributed by atoms with Crippen LogP contribution in [-0.4, -0.2) is 36.7 Å². The number of hydrogen-bond donors (Lipinski definition) is 0. The fourth-order valence-corrected chi connectivity index (χ4v) is 8.15. The van der Waals surface area contributed by atoms with Crippen LogP contribution in [0.2, 0.25) is 0 Å². The molecule has 4 aliphatic rings. The molecule has 2 aliphatic heterocycles. The van der Waals surface area contributed by atoms with Gasteiger partial charge in [0.05, 0.1) is 24.2 Å². The van der Waals surface area contributed by atoms with E-state index in [1.807, 2.05) is 11.8 Å². The van der Waals surface area contributed by atoms with Gasteiger partial charge in [-0.05, 0) is 104 Å². The summed E-state index contributed by atoms with van der Waals surface area (Å²) in [6.45, 7) is 4.02. The average molecular weight is 610 g/mol. The molecule has 10 heteroatoms. The van der Waals surface area contributed by atoms with E-state index in [0.717, 1.165) is 55.4 Å². The van der Waals surface area contributed by atoms with Gasteiger partial charge in [0.2, 0.25) is 0 Å². The molecular formula is C33H37F6NO3. The second-order valence-corrected chi connectivity index (χ2v) is 13.0. The van der Waals surface area contributed by atoms with Crippen LogP contribution in [0.25, 0.3) is 0 Å². The summed E-state index contributed by atoms with van der Waals surface area (Å²) in [5.41, 5.74) is -0.199. The lowest BCUT2D eigenvalue weighted by molar-refractivity contribution is -0.146. The van der Waals surface area contributed by atoms with Gasteiger partial charge >= 0.3 is 18.3 Å². The summed E-state index contributed by atoms with van der Waals surface area (Å²) in [6.07, 6.45) is -4.12.